The van der Waals surface area contributed by atoms with Crippen LogP contribution in [0.15, 0.2) is 42.7 Å². The Hall–Kier alpha value is -2.50. The van der Waals surface area contributed by atoms with E-state index in [1.54, 1.807) is 18.5 Å². The number of hydrogen-bond donors (Lipinski definition) is 1. The molecule has 2 rings (SSSR count). The molecule has 0 aliphatic heterocycles. The molecular formula is C14H12F2N2O2. The van der Waals surface area contributed by atoms with Gasteiger partial charge in [-0.1, -0.05) is 6.07 Å². The van der Waals surface area contributed by atoms with Crippen LogP contribution in [0.4, 0.5) is 8.78 Å². The fourth-order valence-electron chi connectivity index (χ4n) is 1.47. The molecule has 1 aromatic carbocycles. The first-order chi connectivity index (χ1) is 9.65. The van der Waals surface area contributed by atoms with Crippen LogP contribution in [0.3, 0.4) is 0 Å². The third-order valence-corrected chi connectivity index (χ3v) is 2.47. The first-order valence-corrected chi connectivity index (χ1v) is 5.88. The first-order valence-electron chi connectivity index (χ1n) is 5.88. The minimum Gasteiger partial charge on any atom is -0.484 e. The number of hydrogen-bond acceptors (Lipinski definition) is 3. The molecule has 20 heavy (non-hydrogen) atoms. The number of nitrogens with zero attached hydrogens (tertiary/aromatic N) is 1. The van der Waals surface area contributed by atoms with Gasteiger partial charge >= 0.3 is 0 Å². The summed E-state index contributed by atoms with van der Waals surface area (Å²) < 4.78 is 30.7. The zero-order chi connectivity index (χ0) is 14.4. The molecule has 1 heterocycles. The summed E-state index contributed by atoms with van der Waals surface area (Å²) in [7, 11) is 0. The first kappa shape index (κ1) is 13.9. The van der Waals surface area contributed by atoms with Crippen LogP contribution in [0.1, 0.15) is 5.56 Å². The number of halogens is 2. The molecule has 1 N–H and O–H groups in total. The van der Waals surface area contributed by atoms with Gasteiger partial charge in [0.1, 0.15) is 5.75 Å². The number of carbonyl (C=O) groups excluding carboxylic acids is 1. The second-order valence-electron chi connectivity index (χ2n) is 4.00. The van der Waals surface area contributed by atoms with Gasteiger partial charge < -0.3 is 10.1 Å². The molecule has 0 aliphatic carbocycles. The van der Waals surface area contributed by atoms with E-state index in [0.717, 1.165) is 17.7 Å². The van der Waals surface area contributed by atoms with E-state index in [0.29, 0.717) is 6.54 Å². The van der Waals surface area contributed by atoms with Gasteiger partial charge in [0.15, 0.2) is 18.2 Å². The van der Waals surface area contributed by atoms with Gasteiger partial charge in [0.05, 0.1) is 0 Å². The van der Waals surface area contributed by atoms with Crippen LogP contribution >= 0.6 is 0 Å². The Labute approximate surface area is 114 Å². The monoisotopic (exact) mass is 278 g/mol. The molecular weight excluding hydrogens is 266 g/mol. The summed E-state index contributed by atoms with van der Waals surface area (Å²) in [5, 5.41) is 2.62. The Morgan fingerprint density at radius 1 is 1.25 bits per heavy atom. The SMILES string of the molecule is O=C(COc1ccc(F)c(F)c1)NCc1cccnc1. The molecule has 0 fully saturated rings. The molecule has 1 aromatic heterocycles. The number of amides is 1. The predicted molar refractivity (Wildman–Crippen MR) is 67.9 cm³/mol. The fourth-order valence-corrected chi connectivity index (χ4v) is 1.47. The zero-order valence-corrected chi connectivity index (χ0v) is 10.5. The zero-order valence-electron chi connectivity index (χ0n) is 10.5. The van der Waals surface area contributed by atoms with Gasteiger partial charge in [0, 0.05) is 25.0 Å². The van der Waals surface area contributed by atoms with Crippen LogP contribution in [-0.4, -0.2) is 17.5 Å². The van der Waals surface area contributed by atoms with Crippen molar-refractivity contribution in [2.24, 2.45) is 0 Å². The van der Waals surface area contributed by atoms with Crippen LogP contribution in [0, 0.1) is 11.6 Å². The largest absolute Gasteiger partial charge is 0.484 e. The fraction of sp³-hybridized carbons (Fsp3) is 0.143. The number of nitrogens with one attached hydrogen (secondary N) is 1. The Morgan fingerprint density at radius 3 is 2.80 bits per heavy atom. The highest BCUT2D eigenvalue weighted by atomic mass is 19.2. The van der Waals surface area contributed by atoms with E-state index in [2.05, 4.69) is 10.3 Å². The highest BCUT2D eigenvalue weighted by Gasteiger charge is 2.06. The Kier molecular flexibility index (Phi) is 4.60. The number of rotatable bonds is 5. The van der Waals surface area contributed by atoms with E-state index >= 15 is 0 Å². The molecule has 2 aromatic rings. The van der Waals surface area contributed by atoms with Crippen LogP contribution < -0.4 is 10.1 Å². The quantitative estimate of drug-likeness (QED) is 0.910. The van der Waals surface area contributed by atoms with Gasteiger partial charge in [0.25, 0.3) is 5.91 Å². The summed E-state index contributed by atoms with van der Waals surface area (Å²) >= 11 is 0. The maximum Gasteiger partial charge on any atom is 0.258 e. The Bertz CT molecular complexity index is 591. The summed E-state index contributed by atoms with van der Waals surface area (Å²) in [5.74, 6) is -2.24. The average molecular weight is 278 g/mol. The van der Waals surface area contributed by atoms with Gasteiger partial charge in [0.2, 0.25) is 0 Å². The summed E-state index contributed by atoms with van der Waals surface area (Å²) in [5.41, 5.74) is 0.855. The van der Waals surface area contributed by atoms with Crippen LogP contribution in [0.5, 0.6) is 5.75 Å². The average Bonchev–Trinajstić information content (AvgIpc) is 2.47. The molecule has 0 unspecified atom stereocenters. The maximum absolute atomic E-state index is 12.9. The van der Waals surface area contributed by atoms with Crippen molar-refractivity contribution >= 4 is 5.91 Å². The molecule has 0 spiro atoms. The lowest BCUT2D eigenvalue weighted by atomic mass is 10.3. The van der Waals surface area contributed by atoms with E-state index < -0.39 is 11.6 Å². The molecule has 0 radical (unpaired) electrons. The molecule has 6 heteroatoms. The van der Waals surface area contributed by atoms with Gasteiger partial charge in [-0.25, -0.2) is 8.78 Å². The Balaban J connectivity index is 1.79. The van der Waals surface area contributed by atoms with Crippen molar-refractivity contribution in [2.45, 2.75) is 6.54 Å². The maximum atomic E-state index is 12.9. The molecule has 0 saturated heterocycles. The Morgan fingerprint density at radius 2 is 2.10 bits per heavy atom. The van der Waals surface area contributed by atoms with E-state index in [-0.39, 0.29) is 18.3 Å². The van der Waals surface area contributed by atoms with Crippen molar-refractivity contribution in [3.8, 4) is 5.75 Å². The van der Waals surface area contributed by atoms with Crippen molar-refractivity contribution in [3.05, 3.63) is 59.9 Å². The van der Waals surface area contributed by atoms with Gasteiger partial charge in [-0.05, 0) is 23.8 Å². The molecule has 0 bridgehead atoms. The second-order valence-corrected chi connectivity index (χ2v) is 4.00. The van der Waals surface area contributed by atoms with Crippen LogP contribution in [-0.2, 0) is 11.3 Å². The number of ether oxygens (including phenoxy) is 1. The third kappa shape index (κ3) is 4.01. The lowest BCUT2D eigenvalue weighted by Gasteiger charge is -2.07. The minimum absolute atomic E-state index is 0.0976. The van der Waals surface area contributed by atoms with Gasteiger partial charge in [-0.2, -0.15) is 0 Å². The van der Waals surface area contributed by atoms with Crippen LogP contribution in [0.2, 0.25) is 0 Å². The number of aromatic nitrogens is 1. The number of pyridine rings is 1. The van der Waals surface area contributed by atoms with E-state index in [1.165, 1.54) is 6.07 Å². The summed E-state index contributed by atoms with van der Waals surface area (Å²) in [6.45, 7) is 0.0547. The highest BCUT2D eigenvalue weighted by Crippen LogP contribution is 2.15. The van der Waals surface area contributed by atoms with E-state index in [4.69, 9.17) is 4.74 Å². The summed E-state index contributed by atoms with van der Waals surface area (Å²) in [4.78, 5) is 15.4. The molecule has 1 amide bonds. The van der Waals surface area contributed by atoms with Crippen molar-refractivity contribution in [3.63, 3.8) is 0 Å². The van der Waals surface area contributed by atoms with Crippen molar-refractivity contribution in [2.75, 3.05) is 6.61 Å². The third-order valence-electron chi connectivity index (χ3n) is 2.47. The lowest BCUT2D eigenvalue weighted by molar-refractivity contribution is -0.123. The molecule has 0 aliphatic rings. The van der Waals surface area contributed by atoms with E-state index in [1.807, 2.05) is 6.07 Å². The van der Waals surface area contributed by atoms with E-state index in [9.17, 15) is 13.6 Å². The number of benzene rings is 1. The van der Waals surface area contributed by atoms with Crippen molar-refractivity contribution in [1.29, 1.82) is 0 Å². The number of carbonyl (C=O) groups is 1. The minimum atomic E-state index is -1.02. The predicted octanol–water partition coefficient (Wildman–Crippen LogP) is 2.05. The van der Waals surface area contributed by atoms with Gasteiger partial charge in [-0.15, -0.1) is 0 Å². The van der Waals surface area contributed by atoms with Crippen molar-refractivity contribution < 1.29 is 18.3 Å². The smallest absolute Gasteiger partial charge is 0.258 e. The second kappa shape index (κ2) is 6.60. The molecule has 4 nitrogen and oxygen atoms in total. The molecule has 0 atom stereocenters. The topological polar surface area (TPSA) is 51.2 Å². The van der Waals surface area contributed by atoms with Gasteiger partial charge in [-0.3, -0.25) is 9.78 Å². The standard InChI is InChI=1S/C14H12F2N2O2/c15-12-4-3-11(6-13(12)16)20-9-14(19)18-8-10-2-1-5-17-7-10/h1-7H,8-9H2,(H,18,19). The highest BCUT2D eigenvalue weighted by molar-refractivity contribution is 5.77. The lowest BCUT2D eigenvalue weighted by Crippen LogP contribution is -2.28. The summed E-state index contributed by atoms with van der Waals surface area (Å²) in [6.07, 6.45) is 3.27. The normalized spacial score (nSPS) is 10.1. The molecule has 104 valence electrons. The molecule has 0 saturated carbocycles. The van der Waals surface area contributed by atoms with Crippen LogP contribution in [0.25, 0.3) is 0 Å². The van der Waals surface area contributed by atoms with Crippen molar-refractivity contribution in [1.82, 2.24) is 10.3 Å². The summed E-state index contributed by atoms with van der Waals surface area (Å²) in [6, 6.07) is 6.68.